The van der Waals surface area contributed by atoms with E-state index >= 15 is 0 Å². The highest BCUT2D eigenvalue weighted by Gasteiger charge is 2.24. The molecule has 0 aliphatic carbocycles. The fraction of sp³-hybridized carbons (Fsp3) is 0.526. The molecular formula is C19H30N4O2S. The highest BCUT2D eigenvalue weighted by molar-refractivity contribution is 7.99. The topological polar surface area (TPSA) is 58.1 Å². The third-order valence-electron chi connectivity index (χ3n) is 4.23. The lowest BCUT2D eigenvalue weighted by molar-refractivity contribution is 0.394. The zero-order chi connectivity index (χ0) is 18.8. The predicted molar refractivity (Wildman–Crippen MR) is 112 cm³/mol. The summed E-state index contributed by atoms with van der Waals surface area (Å²) in [5.41, 5.74) is 1.12. The minimum absolute atomic E-state index is 0.360. The van der Waals surface area contributed by atoms with Gasteiger partial charge in [-0.3, -0.25) is 4.99 Å². The van der Waals surface area contributed by atoms with Crippen LogP contribution >= 0.6 is 11.8 Å². The van der Waals surface area contributed by atoms with Crippen molar-refractivity contribution in [3.05, 3.63) is 30.9 Å². The Morgan fingerprint density at radius 3 is 2.69 bits per heavy atom. The Hall–Kier alpha value is -2.02. The lowest BCUT2D eigenvalue weighted by atomic mass is 10.2. The molecule has 0 bridgehead atoms. The molecule has 1 fully saturated rings. The molecule has 1 unspecified atom stereocenters. The Bertz CT molecular complexity index is 587. The van der Waals surface area contributed by atoms with Crippen molar-refractivity contribution in [2.24, 2.45) is 4.99 Å². The molecule has 1 saturated heterocycles. The normalized spacial score (nSPS) is 17.1. The second kappa shape index (κ2) is 10.9. The molecule has 1 aliphatic rings. The van der Waals surface area contributed by atoms with E-state index in [0.717, 1.165) is 60.7 Å². The number of ether oxygens (including phenoxy) is 2. The van der Waals surface area contributed by atoms with Crippen molar-refractivity contribution in [1.29, 1.82) is 0 Å². The number of methoxy groups -OCH3 is 2. The molecule has 1 aromatic rings. The maximum absolute atomic E-state index is 5.38. The van der Waals surface area contributed by atoms with Crippen molar-refractivity contribution < 1.29 is 9.47 Å². The van der Waals surface area contributed by atoms with E-state index in [1.54, 1.807) is 14.2 Å². The maximum atomic E-state index is 5.38. The van der Waals surface area contributed by atoms with E-state index in [-0.39, 0.29) is 0 Å². The molecule has 1 atom stereocenters. The highest BCUT2D eigenvalue weighted by atomic mass is 32.2. The van der Waals surface area contributed by atoms with Crippen LogP contribution in [0.4, 0.5) is 5.69 Å². The summed E-state index contributed by atoms with van der Waals surface area (Å²) < 4.78 is 10.8. The van der Waals surface area contributed by atoms with Crippen LogP contribution in [0.1, 0.15) is 6.42 Å². The summed E-state index contributed by atoms with van der Waals surface area (Å²) in [6.07, 6.45) is 2.99. The van der Waals surface area contributed by atoms with Gasteiger partial charge in [-0.1, -0.05) is 6.08 Å². The van der Waals surface area contributed by atoms with Crippen LogP contribution in [0.2, 0.25) is 0 Å². The third kappa shape index (κ3) is 6.05. The van der Waals surface area contributed by atoms with E-state index in [9.17, 15) is 0 Å². The molecule has 26 heavy (non-hydrogen) atoms. The lowest BCUT2D eigenvalue weighted by Crippen LogP contribution is -2.45. The van der Waals surface area contributed by atoms with Gasteiger partial charge in [0.25, 0.3) is 0 Å². The van der Waals surface area contributed by atoms with Gasteiger partial charge in [0, 0.05) is 68.1 Å². The van der Waals surface area contributed by atoms with Crippen molar-refractivity contribution >= 4 is 23.4 Å². The number of thioether (sulfide) groups is 1. The Kier molecular flexibility index (Phi) is 8.47. The van der Waals surface area contributed by atoms with E-state index in [1.807, 2.05) is 31.0 Å². The summed E-state index contributed by atoms with van der Waals surface area (Å²) in [6.45, 7) is 6.53. The van der Waals surface area contributed by atoms with E-state index in [2.05, 4.69) is 39.2 Å². The van der Waals surface area contributed by atoms with Gasteiger partial charge in [-0.15, -0.1) is 6.58 Å². The Morgan fingerprint density at radius 1 is 1.35 bits per heavy atom. The average molecular weight is 379 g/mol. The van der Waals surface area contributed by atoms with Crippen LogP contribution in [0.3, 0.4) is 0 Å². The van der Waals surface area contributed by atoms with E-state index in [0.29, 0.717) is 6.04 Å². The van der Waals surface area contributed by atoms with Gasteiger partial charge in [-0.05, 0) is 6.42 Å². The summed E-state index contributed by atoms with van der Waals surface area (Å²) in [5.74, 6) is 4.50. The first kappa shape index (κ1) is 20.3. The number of nitrogens with zero attached hydrogens (tertiary/aromatic N) is 2. The van der Waals surface area contributed by atoms with Crippen LogP contribution in [0.25, 0.3) is 0 Å². The van der Waals surface area contributed by atoms with Crippen LogP contribution < -0.4 is 25.0 Å². The number of anilines is 1. The van der Waals surface area contributed by atoms with Gasteiger partial charge < -0.3 is 25.0 Å². The molecule has 1 aliphatic heterocycles. The summed E-state index contributed by atoms with van der Waals surface area (Å²) in [6, 6.07) is 6.36. The van der Waals surface area contributed by atoms with Crippen molar-refractivity contribution in [1.82, 2.24) is 10.6 Å². The first-order valence-electron chi connectivity index (χ1n) is 8.84. The van der Waals surface area contributed by atoms with Crippen LogP contribution in [-0.4, -0.2) is 64.4 Å². The van der Waals surface area contributed by atoms with Crippen molar-refractivity contribution in [2.75, 3.05) is 57.3 Å². The molecule has 0 radical (unpaired) electrons. The van der Waals surface area contributed by atoms with Gasteiger partial charge in [0.05, 0.1) is 14.2 Å². The quantitative estimate of drug-likeness (QED) is 0.298. The van der Waals surface area contributed by atoms with Gasteiger partial charge in [-0.2, -0.15) is 11.8 Å². The highest BCUT2D eigenvalue weighted by Crippen LogP contribution is 2.30. The van der Waals surface area contributed by atoms with Gasteiger partial charge >= 0.3 is 0 Å². The Balaban J connectivity index is 1.86. The number of hydrogen-bond acceptors (Lipinski definition) is 5. The van der Waals surface area contributed by atoms with Crippen molar-refractivity contribution in [2.45, 2.75) is 12.5 Å². The zero-order valence-electron chi connectivity index (χ0n) is 16.0. The first-order valence-corrected chi connectivity index (χ1v) is 9.99. The predicted octanol–water partition coefficient (Wildman–Crippen LogP) is 2.37. The minimum atomic E-state index is 0.360. The first-order chi connectivity index (χ1) is 12.7. The van der Waals surface area contributed by atoms with E-state index in [1.165, 1.54) is 0 Å². The molecule has 2 rings (SSSR count). The molecule has 0 aromatic heterocycles. The van der Waals surface area contributed by atoms with E-state index < -0.39 is 0 Å². The Morgan fingerprint density at radius 2 is 2.08 bits per heavy atom. The fourth-order valence-electron chi connectivity index (χ4n) is 2.88. The fourth-order valence-corrected chi connectivity index (χ4v) is 3.46. The summed E-state index contributed by atoms with van der Waals surface area (Å²) >= 11 is 1.86. The monoisotopic (exact) mass is 378 g/mol. The second-order valence-corrected chi connectivity index (χ2v) is 7.16. The third-order valence-corrected chi connectivity index (χ3v) is 5.19. The molecule has 1 aromatic carbocycles. The second-order valence-electron chi connectivity index (χ2n) is 6.01. The number of nitrogens with one attached hydrogen (secondary N) is 2. The van der Waals surface area contributed by atoms with Gasteiger partial charge in [0.1, 0.15) is 11.5 Å². The smallest absolute Gasteiger partial charge is 0.191 e. The van der Waals surface area contributed by atoms with Crippen LogP contribution in [0, 0.1) is 0 Å². The lowest BCUT2D eigenvalue weighted by Gasteiger charge is -2.21. The number of aliphatic imine (C=N–C) groups is 1. The van der Waals surface area contributed by atoms with Crippen LogP contribution in [0.5, 0.6) is 11.5 Å². The van der Waals surface area contributed by atoms with Gasteiger partial charge in [0.15, 0.2) is 5.96 Å². The molecule has 7 heteroatoms. The van der Waals surface area contributed by atoms with Crippen molar-refractivity contribution in [3.63, 3.8) is 0 Å². The number of guanidine groups is 1. The van der Waals surface area contributed by atoms with Crippen LogP contribution in [0.15, 0.2) is 35.8 Å². The SMILES string of the molecule is C=CCSCCNC(=NC)NC1CCN(c2cc(OC)cc(OC)c2)C1. The summed E-state index contributed by atoms with van der Waals surface area (Å²) in [7, 11) is 5.16. The summed E-state index contributed by atoms with van der Waals surface area (Å²) in [4.78, 5) is 6.67. The van der Waals surface area contributed by atoms with E-state index in [4.69, 9.17) is 9.47 Å². The molecule has 144 valence electrons. The summed E-state index contributed by atoms with van der Waals surface area (Å²) in [5, 5.41) is 6.89. The molecule has 0 amide bonds. The van der Waals surface area contributed by atoms with Gasteiger partial charge in [-0.25, -0.2) is 0 Å². The molecular weight excluding hydrogens is 348 g/mol. The zero-order valence-corrected chi connectivity index (χ0v) is 16.8. The number of hydrogen-bond donors (Lipinski definition) is 2. The molecule has 0 saturated carbocycles. The number of benzene rings is 1. The number of rotatable bonds is 9. The Labute approximate surface area is 161 Å². The average Bonchev–Trinajstić information content (AvgIpc) is 3.15. The maximum Gasteiger partial charge on any atom is 0.191 e. The van der Waals surface area contributed by atoms with Crippen molar-refractivity contribution in [3.8, 4) is 11.5 Å². The van der Waals surface area contributed by atoms with Crippen LogP contribution in [-0.2, 0) is 0 Å². The molecule has 0 spiro atoms. The standard InChI is InChI=1S/C19H30N4O2S/c1-5-9-26-10-7-21-19(20-2)22-15-6-8-23(14-15)16-11-17(24-3)13-18(12-16)25-4/h5,11-13,15H,1,6-10,14H2,2-4H3,(H2,20,21,22). The van der Waals surface area contributed by atoms with Gasteiger partial charge in [0.2, 0.25) is 0 Å². The largest absolute Gasteiger partial charge is 0.497 e. The molecule has 6 nitrogen and oxygen atoms in total. The molecule has 2 N–H and O–H groups in total. The molecule has 1 heterocycles. The minimum Gasteiger partial charge on any atom is -0.497 e.